The minimum atomic E-state index is -0.821. The molecule has 0 aromatic rings. The van der Waals surface area contributed by atoms with E-state index in [0.717, 1.165) is 95.2 Å². The molecule has 36 heavy (non-hydrogen) atoms. The maximum absolute atomic E-state index is 15.2. The van der Waals surface area contributed by atoms with Crippen LogP contribution in [0.3, 0.4) is 0 Å². The van der Waals surface area contributed by atoms with Crippen LogP contribution in [0.4, 0.5) is 8.78 Å². The van der Waals surface area contributed by atoms with E-state index in [1.807, 2.05) is 7.11 Å². The smallest absolute Gasteiger partial charge is 0.111 e. The van der Waals surface area contributed by atoms with Gasteiger partial charge in [0.2, 0.25) is 0 Å². The predicted molar refractivity (Wildman–Crippen MR) is 141 cm³/mol. The number of ether oxygens (including phenoxy) is 1. The monoisotopic (exact) mass is 506 g/mol. The van der Waals surface area contributed by atoms with Gasteiger partial charge in [0, 0.05) is 32.2 Å². The highest BCUT2D eigenvalue weighted by molar-refractivity contribution is 5.22. The fraction of sp³-hybridized carbons (Fsp3) is 1.00. The van der Waals surface area contributed by atoms with Crippen molar-refractivity contribution in [2.24, 2.45) is 52.8 Å². The van der Waals surface area contributed by atoms with Crippen molar-refractivity contribution >= 4 is 0 Å². The number of rotatable bonds is 8. The first-order valence-electron chi connectivity index (χ1n) is 15.7. The van der Waals surface area contributed by atoms with Crippen molar-refractivity contribution in [3.63, 3.8) is 0 Å². The molecule has 6 saturated carbocycles. The fourth-order valence-corrected chi connectivity index (χ4v) is 10.4. The van der Waals surface area contributed by atoms with Gasteiger partial charge < -0.3 is 15.4 Å². The second kappa shape index (κ2) is 10.4. The molecule has 1 saturated heterocycles. The SMILES string of the molecule is CCC1CCC(F)C(CNCC2C3CCC32C2CNC3CCCC4(F)CC(C4)C3C2)CCC1COC. The highest BCUT2D eigenvalue weighted by Crippen LogP contribution is 2.76. The number of hydrogen-bond donors (Lipinski definition) is 2. The predicted octanol–water partition coefficient (Wildman–Crippen LogP) is 6.32. The largest absolute Gasteiger partial charge is 0.384 e. The minimum absolute atomic E-state index is 0.154. The molecule has 2 N–H and O–H groups in total. The Bertz CT molecular complexity index is 759. The van der Waals surface area contributed by atoms with Crippen molar-refractivity contribution in [2.75, 3.05) is 33.4 Å². The molecule has 7 aliphatic rings. The van der Waals surface area contributed by atoms with E-state index in [1.54, 1.807) is 0 Å². The summed E-state index contributed by atoms with van der Waals surface area (Å²) in [6, 6.07) is 0.636. The van der Waals surface area contributed by atoms with Crippen LogP contribution in [0, 0.1) is 52.8 Å². The molecular weight excluding hydrogens is 454 g/mol. The number of methoxy groups -OCH3 is 1. The number of piperidine rings is 1. The van der Waals surface area contributed by atoms with Gasteiger partial charge in [-0.2, -0.15) is 0 Å². The molecule has 7 rings (SSSR count). The lowest BCUT2D eigenvalue weighted by molar-refractivity contribution is -0.0705. The molecule has 1 heterocycles. The van der Waals surface area contributed by atoms with Crippen molar-refractivity contribution < 1.29 is 13.5 Å². The lowest BCUT2D eigenvalue weighted by Gasteiger charge is -2.54. The molecule has 10 unspecified atom stereocenters. The van der Waals surface area contributed by atoms with Crippen molar-refractivity contribution in [3.05, 3.63) is 0 Å². The van der Waals surface area contributed by atoms with Crippen LogP contribution in [0.25, 0.3) is 0 Å². The normalized spacial score (nSPS) is 52.3. The molecule has 5 heteroatoms. The molecule has 0 aromatic heterocycles. The van der Waals surface area contributed by atoms with Gasteiger partial charge in [0.1, 0.15) is 11.8 Å². The van der Waals surface area contributed by atoms with Crippen molar-refractivity contribution in [1.29, 1.82) is 0 Å². The van der Waals surface area contributed by atoms with Crippen LogP contribution < -0.4 is 10.6 Å². The fourth-order valence-electron chi connectivity index (χ4n) is 10.4. The number of nitrogens with one attached hydrogen (secondary N) is 2. The second-order valence-corrected chi connectivity index (χ2v) is 14.2. The van der Waals surface area contributed by atoms with Crippen molar-refractivity contribution in [1.82, 2.24) is 10.6 Å². The minimum Gasteiger partial charge on any atom is -0.384 e. The summed E-state index contributed by atoms with van der Waals surface area (Å²) < 4.78 is 35.5. The molecule has 2 bridgehead atoms. The number of fused-ring (bicyclic) bond motifs is 3. The van der Waals surface area contributed by atoms with E-state index in [-0.39, 0.29) is 5.92 Å². The summed E-state index contributed by atoms with van der Waals surface area (Å²) in [5.74, 6) is 5.12. The summed E-state index contributed by atoms with van der Waals surface area (Å²) in [6.07, 6.45) is 13.1. The molecule has 1 aliphatic heterocycles. The molecule has 206 valence electrons. The van der Waals surface area contributed by atoms with Gasteiger partial charge in [-0.05, 0) is 137 Å². The number of alkyl halides is 2. The Labute approximate surface area is 218 Å². The molecule has 3 nitrogen and oxygen atoms in total. The van der Waals surface area contributed by atoms with Gasteiger partial charge in [0.05, 0.1) is 0 Å². The standard InChI is InChI=1S/C31H52F2N2O/c1-3-20-8-9-28(32)21(6-7-22(20)19-36-2)16-34-18-27-26-10-12-31(26,27)24-13-25-23-14-30(33,15-23)11-4-5-29(25)35-17-24/h20-29,34-35H,3-19H2,1-2H3. The Kier molecular flexibility index (Phi) is 7.49. The molecule has 0 aromatic carbocycles. The first-order chi connectivity index (χ1) is 17.5. The van der Waals surface area contributed by atoms with E-state index in [9.17, 15) is 4.39 Å². The quantitative estimate of drug-likeness (QED) is 0.404. The molecule has 0 amide bonds. The highest BCUT2D eigenvalue weighted by Gasteiger charge is 2.73. The van der Waals surface area contributed by atoms with E-state index < -0.39 is 11.8 Å². The van der Waals surface area contributed by atoms with Crippen LogP contribution in [0.15, 0.2) is 0 Å². The Morgan fingerprint density at radius 2 is 1.78 bits per heavy atom. The Morgan fingerprint density at radius 1 is 0.972 bits per heavy atom. The van der Waals surface area contributed by atoms with Crippen LogP contribution >= 0.6 is 0 Å². The summed E-state index contributed by atoms with van der Waals surface area (Å²) >= 11 is 0. The zero-order valence-electron chi connectivity index (χ0n) is 23.0. The second-order valence-electron chi connectivity index (χ2n) is 14.2. The van der Waals surface area contributed by atoms with E-state index in [4.69, 9.17) is 4.74 Å². The van der Waals surface area contributed by atoms with E-state index in [1.165, 1.54) is 32.2 Å². The zero-order valence-corrected chi connectivity index (χ0v) is 23.0. The first-order valence-corrected chi connectivity index (χ1v) is 15.7. The molecule has 6 aliphatic carbocycles. The van der Waals surface area contributed by atoms with E-state index in [0.29, 0.717) is 35.1 Å². The average Bonchev–Trinajstić information content (AvgIpc) is 3.29. The van der Waals surface area contributed by atoms with Gasteiger partial charge >= 0.3 is 0 Å². The first kappa shape index (κ1) is 26.0. The van der Waals surface area contributed by atoms with Crippen LogP contribution in [0.1, 0.15) is 90.4 Å². The van der Waals surface area contributed by atoms with Gasteiger partial charge in [-0.3, -0.25) is 0 Å². The topological polar surface area (TPSA) is 33.3 Å². The summed E-state index contributed by atoms with van der Waals surface area (Å²) in [4.78, 5) is 0. The van der Waals surface area contributed by atoms with Crippen LogP contribution in [0.5, 0.6) is 0 Å². The molecule has 0 spiro atoms. The number of halogens is 2. The summed E-state index contributed by atoms with van der Waals surface area (Å²) in [7, 11) is 1.81. The van der Waals surface area contributed by atoms with E-state index >= 15 is 4.39 Å². The lowest BCUT2D eigenvalue weighted by atomic mass is 9.56. The van der Waals surface area contributed by atoms with Crippen molar-refractivity contribution in [3.8, 4) is 0 Å². The molecule has 7 fully saturated rings. The third kappa shape index (κ3) is 4.59. The maximum Gasteiger partial charge on any atom is 0.111 e. The van der Waals surface area contributed by atoms with Crippen LogP contribution in [-0.2, 0) is 4.74 Å². The van der Waals surface area contributed by atoms with Gasteiger partial charge in [0.25, 0.3) is 0 Å². The average molecular weight is 507 g/mol. The third-order valence-corrected chi connectivity index (χ3v) is 12.7. The summed E-state index contributed by atoms with van der Waals surface area (Å²) in [5, 5.41) is 7.76. The Balaban J connectivity index is 1.01. The van der Waals surface area contributed by atoms with Crippen molar-refractivity contribution in [2.45, 2.75) is 108 Å². The number of hydrogen-bond acceptors (Lipinski definition) is 3. The van der Waals surface area contributed by atoms with Gasteiger partial charge in [-0.15, -0.1) is 0 Å². The molecular formula is C31H52F2N2O. The lowest BCUT2D eigenvalue weighted by Crippen LogP contribution is -2.57. The van der Waals surface area contributed by atoms with E-state index in [2.05, 4.69) is 17.6 Å². The van der Waals surface area contributed by atoms with Gasteiger partial charge in [-0.25, -0.2) is 8.78 Å². The van der Waals surface area contributed by atoms with Gasteiger partial charge in [-0.1, -0.05) is 13.3 Å². The van der Waals surface area contributed by atoms with Crippen LogP contribution in [-0.4, -0.2) is 51.2 Å². The van der Waals surface area contributed by atoms with Crippen LogP contribution in [0.2, 0.25) is 0 Å². The Hall–Kier alpha value is -0.260. The maximum atomic E-state index is 15.2. The molecule has 10 atom stereocenters. The summed E-state index contributed by atoms with van der Waals surface area (Å²) in [5.41, 5.74) is -0.282. The Morgan fingerprint density at radius 3 is 2.53 bits per heavy atom. The highest BCUT2D eigenvalue weighted by atomic mass is 19.1. The summed E-state index contributed by atoms with van der Waals surface area (Å²) in [6.45, 7) is 6.17. The zero-order chi connectivity index (χ0) is 24.9. The third-order valence-electron chi connectivity index (χ3n) is 12.7. The van der Waals surface area contributed by atoms with Gasteiger partial charge in [0.15, 0.2) is 0 Å². The molecule has 0 radical (unpaired) electrons.